The molecule has 14 heavy (non-hydrogen) atoms. The van der Waals surface area contributed by atoms with Gasteiger partial charge in [0, 0.05) is 18.6 Å². The van der Waals surface area contributed by atoms with E-state index < -0.39 is 0 Å². The molecule has 0 aliphatic heterocycles. The Balaban J connectivity index is 2.24. The molecule has 2 aromatic heterocycles. The molecule has 5 heteroatoms. The lowest BCUT2D eigenvalue weighted by Crippen LogP contribution is -1.96. The zero-order chi connectivity index (χ0) is 9.80. The second-order valence-corrected chi connectivity index (χ2v) is 2.52. The van der Waals surface area contributed by atoms with Crippen LogP contribution in [0.15, 0.2) is 36.8 Å². The summed E-state index contributed by atoms with van der Waals surface area (Å²) in [6, 6.07) is 5.40. The first-order valence-corrected chi connectivity index (χ1v) is 4.01. The molecule has 0 radical (unpaired) electrons. The van der Waals surface area contributed by atoms with Crippen LogP contribution in [-0.4, -0.2) is 15.0 Å². The van der Waals surface area contributed by atoms with Crippen molar-refractivity contribution in [2.24, 2.45) is 0 Å². The number of anilines is 1. The van der Waals surface area contributed by atoms with Gasteiger partial charge in [-0.25, -0.2) is 15.0 Å². The smallest absolute Gasteiger partial charge is 0.321 e. The average Bonchev–Trinajstić information content (AvgIpc) is 2.23. The van der Waals surface area contributed by atoms with E-state index in [1.165, 1.54) is 0 Å². The van der Waals surface area contributed by atoms with Crippen molar-refractivity contribution in [3.05, 3.63) is 36.8 Å². The lowest BCUT2D eigenvalue weighted by Gasteiger charge is -2.03. The number of nitrogens with zero attached hydrogens (tertiary/aromatic N) is 3. The van der Waals surface area contributed by atoms with Crippen LogP contribution in [0.5, 0.6) is 11.8 Å². The molecule has 0 bridgehead atoms. The molecule has 0 aliphatic rings. The minimum Gasteiger partial charge on any atom is -0.420 e. The standard InChI is InChI=1S/C9H8N4O/c10-8-7(3-1-4-11-8)14-9-12-5-2-6-13-9/h1-6H,(H2,10,11). The first-order chi connectivity index (χ1) is 6.86. The normalized spacial score (nSPS) is 9.71. The quantitative estimate of drug-likeness (QED) is 0.767. The molecule has 5 nitrogen and oxygen atoms in total. The molecule has 2 heterocycles. The Bertz CT molecular complexity index is 418. The highest BCUT2D eigenvalue weighted by Gasteiger charge is 2.02. The van der Waals surface area contributed by atoms with E-state index in [1.807, 2.05) is 0 Å². The molecule has 0 aromatic carbocycles. The Morgan fingerprint density at radius 2 is 1.71 bits per heavy atom. The number of ether oxygens (including phenoxy) is 1. The van der Waals surface area contributed by atoms with Gasteiger partial charge in [0.2, 0.25) is 0 Å². The fourth-order valence-corrected chi connectivity index (χ4v) is 0.926. The van der Waals surface area contributed by atoms with Gasteiger partial charge in [0.1, 0.15) is 0 Å². The lowest BCUT2D eigenvalue weighted by molar-refractivity contribution is 0.442. The predicted octanol–water partition coefficient (Wildman–Crippen LogP) is 1.25. The Morgan fingerprint density at radius 3 is 2.43 bits per heavy atom. The maximum atomic E-state index is 5.58. The molecule has 0 saturated carbocycles. The van der Waals surface area contributed by atoms with Crippen LogP contribution < -0.4 is 10.5 Å². The molecular formula is C9H8N4O. The Kier molecular flexibility index (Phi) is 2.22. The van der Waals surface area contributed by atoms with E-state index >= 15 is 0 Å². The maximum absolute atomic E-state index is 5.58. The second-order valence-electron chi connectivity index (χ2n) is 2.52. The van der Waals surface area contributed by atoms with Crippen LogP contribution in [0, 0.1) is 0 Å². The van der Waals surface area contributed by atoms with E-state index in [0.29, 0.717) is 11.6 Å². The summed E-state index contributed by atoms with van der Waals surface area (Å²) in [5, 5.41) is 0. The van der Waals surface area contributed by atoms with Gasteiger partial charge in [-0.05, 0) is 18.2 Å². The van der Waals surface area contributed by atoms with Crippen LogP contribution in [0.1, 0.15) is 0 Å². The molecule has 0 atom stereocenters. The molecule has 0 saturated heterocycles. The van der Waals surface area contributed by atoms with Gasteiger partial charge in [0.15, 0.2) is 11.6 Å². The van der Waals surface area contributed by atoms with Crippen molar-refractivity contribution in [1.29, 1.82) is 0 Å². The summed E-state index contributed by atoms with van der Waals surface area (Å²) >= 11 is 0. The summed E-state index contributed by atoms with van der Waals surface area (Å²) in [5.74, 6) is 0.777. The zero-order valence-electron chi connectivity index (χ0n) is 7.29. The lowest BCUT2D eigenvalue weighted by atomic mass is 10.4. The molecular weight excluding hydrogens is 180 g/mol. The fourth-order valence-electron chi connectivity index (χ4n) is 0.926. The maximum Gasteiger partial charge on any atom is 0.321 e. The van der Waals surface area contributed by atoms with Crippen LogP contribution in [-0.2, 0) is 0 Å². The number of aromatic nitrogens is 3. The van der Waals surface area contributed by atoms with Crippen LogP contribution in [0.2, 0.25) is 0 Å². The summed E-state index contributed by atoms with van der Waals surface area (Å²) in [6.45, 7) is 0. The number of nitrogen functional groups attached to an aromatic ring is 1. The first kappa shape index (κ1) is 8.43. The van der Waals surface area contributed by atoms with Gasteiger partial charge in [-0.15, -0.1) is 0 Å². The van der Waals surface area contributed by atoms with E-state index in [0.717, 1.165) is 0 Å². The van der Waals surface area contributed by atoms with Crippen LogP contribution in [0.4, 0.5) is 5.82 Å². The zero-order valence-corrected chi connectivity index (χ0v) is 7.29. The van der Waals surface area contributed by atoms with E-state index in [-0.39, 0.29) is 6.01 Å². The minimum absolute atomic E-state index is 0.257. The molecule has 0 amide bonds. The highest BCUT2D eigenvalue weighted by Crippen LogP contribution is 2.21. The summed E-state index contributed by atoms with van der Waals surface area (Å²) in [6.07, 6.45) is 4.78. The van der Waals surface area contributed by atoms with Gasteiger partial charge in [-0.2, -0.15) is 0 Å². The van der Waals surface area contributed by atoms with Crippen molar-refractivity contribution in [2.75, 3.05) is 5.73 Å². The number of nitrogens with two attached hydrogens (primary N) is 1. The topological polar surface area (TPSA) is 73.9 Å². The number of pyridine rings is 1. The summed E-state index contributed by atoms with van der Waals surface area (Å²) in [5.41, 5.74) is 5.58. The van der Waals surface area contributed by atoms with Gasteiger partial charge in [-0.3, -0.25) is 0 Å². The molecule has 0 unspecified atom stereocenters. The number of hydrogen-bond donors (Lipinski definition) is 1. The van der Waals surface area contributed by atoms with Gasteiger partial charge in [0.05, 0.1) is 0 Å². The Labute approximate surface area is 80.6 Å². The third-order valence-electron chi connectivity index (χ3n) is 1.54. The Morgan fingerprint density at radius 1 is 1.00 bits per heavy atom. The largest absolute Gasteiger partial charge is 0.420 e. The van der Waals surface area contributed by atoms with Gasteiger partial charge >= 0.3 is 6.01 Å². The molecule has 0 spiro atoms. The third kappa shape index (κ3) is 1.77. The van der Waals surface area contributed by atoms with E-state index in [4.69, 9.17) is 10.5 Å². The Hall–Kier alpha value is -2.17. The monoisotopic (exact) mass is 188 g/mol. The van der Waals surface area contributed by atoms with Crippen LogP contribution >= 0.6 is 0 Å². The van der Waals surface area contributed by atoms with Gasteiger partial charge in [-0.1, -0.05) is 0 Å². The molecule has 2 N–H and O–H groups in total. The molecule has 70 valence electrons. The molecule has 0 aliphatic carbocycles. The summed E-state index contributed by atoms with van der Waals surface area (Å²) in [4.78, 5) is 11.7. The highest BCUT2D eigenvalue weighted by atomic mass is 16.5. The van der Waals surface area contributed by atoms with Crippen molar-refractivity contribution in [1.82, 2.24) is 15.0 Å². The van der Waals surface area contributed by atoms with Crippen molar-refractivity contribution in [3.8, 4) is 11.8 Å². The molecule has 2 rings (SSSR count). The van der Waals surface area contributed by atoms with Crippen molar-refractivity contribution in [3.63, 3.8) is 0 Å². The SMILES string of the molecule is Nc1ncccc1Oc1ncccn1. The van der Waals surface area contributed by atoms with Crippen LogP contribution in [0.25, 0.3) is 0 Å². The third-order valence-corrected chi connectivity index (χ3v) is 1.54. The fraction of sp³-hybridized carbons (Fsp3) is 0. The van der Waals surface area contributed by atoms with Crippen molar-refractivity contribution in [2.45, 2.75) is 0 Å². The van der Waals surface area contributed by atoms with Gasteiger partial charge in [0.25, 0.3) is 0 Å². The van der Waals surface area contributed by atoms with E-state index in [2.05, 4.69) is 15.0 Å². The number of rotatable bonds is 2. The summed E-state index contributed by atoms with van der Waals surface area (Å²) < 4.78 is 5.30. The van der Waals surface area contributed by atoms with Crippen LogP contribution in [0.3, 0.4) is 0 Å². The van der Waals surface area contributed by atoms with Crippen molar-refractivity contribution >= 4 is 5.82 Å². The van der Waals surface area contributed by atoms with E-state index in [9.17, 15) is 0 Å². The second kappa shape index (κ2) is 3.69. The van der Waals surface area contributed by atoms with Gasteiger partial charge < -0.3 is 10.5 Å². The van der Waals surface area contributed by atoms with E-state index in [1.54, 1.807) is 36.8 Å². The average molecular weight is 188 g/mol. The molecule has 2 aromatic rings. The predicted molar refractivity (Wildman–Crippen MR) is 50.8 cm³/mol. The van der Waals surface area contributed by atoms with Crippen molar-refractivity contribution < 1.29 is 4.74 Å². The molecule has 0 fully saturated rings. The first-order valence-electron chi connectivity index (χ1n) is 4.01. The highest BCUT2D eigenvalue weighted by molar-refractivity contribution is 5.45. The number of hydrogen-bond acceptors (Lipinski definition) is 5. The summed E-state index contributed by atoms with van der Waals surface area (Å²) in [7, 11) is 0. The minimum atomic E-state index is 0.257.